The van der Waals surface area contributed by atoms with E-state index in [0.717, 1.165) is 21.2 Å². The maximum Gasteiger partial charge on any atom is 0.242 e. The van der Waals surface area contributed by atoms with Gasteiger partial charge in [-0.3, -0.25) is 9.69 Å². The first kappa shape index (κ1) is 23.9. The zero-order valence-corrected chi connectivity index (χ0v) is 19.1. The van der Waals surface area contributed by atoms with Gasteiger partial charge in [0.15, 0.2) is 0 Å². The molecule has 0 spiro atoms. The summed E-state index contributed by atoms with van der Waals surface area (Å²) in [4.78, 5) is 14.4. The molecule has 2 aromatic carbocycles. The number of benzene rings is 2. The van der Waals surface area contributed by atoms with E-state index in [4.69, 9.17) is 4.74 Å². The second kappa shape index (κ2) is 10.6. The summed E-state index contributed by atoms with van der Waals surface area (Å²) in [6, 6.07) is 12.7. The standard InChI is InChI=1S/C22H31N3O4S/c1-17-12-18(2)14-20(13-17)29-11-10-25(5)16-22(26)23-15-19-8-6-7-9-21(19)30(27,28)24(3)4/h6-9,12-14H,10-11,15-16H2,1-5H3,(H,23,26). The number of likely N-dealkylation sites (N-methyl/N-ethyl adjacent to an activating group) is 1. The van der Waals surface area contributed by atoms with Crippen LogP contribution in [0.4, 0.5) is 0 Å². The molecule has 0 saturated heterocycles. The molecule has 0 aliphatic rings. The van der Waals surface area contributed by atoms with Crippen molar-refractivity contribution in [3.05, 3.63) is 59.2 Å². The Labute approximate surface area is 179 Å². The number of amides is 1. The highest BCUT2D eigenvalue weighted by molar-refractivity contribution is 7.89. The van der Waals surface area contributed by atoms with E-state index < -0.39 is 10.0 Å². The van der Waals surface area contributed by atoms with Crippen LogP contribution in [0.2, 0.25) is 0 Å². The lowest BCUT2D eigenvalue weighted by Gasteiger charge is -2.18. The highest BCUT2D eigenvalue weighted by atomic mass is 32.2. The lowest BCUT2D eigenvalue weighted by molar-refractivity contribution is -0.122. The maximum absolute atomic E-state index is 12.4. The number of hydrogen-bond donors (Lipinski definition) is 1. The van der Waals surface area contributed by atoms with Crippen LogP contribution in [0.5, 0.6) is 5.75 Å². The quantitative estimate of drug-likeness (QED) is 0.621. The fourth-order valence-electron chi connectivity index (χ4n) is 3.01. The Balaban J connectivity index is 1.84. The second-order valence-corrected chi connectivity index (χ2v) is 9.70. The first-order chi connectivity index (χ1) is 14.1. The van der Waals surface area contributed by atoms with Gasteiger partial charge in [0.2, 0.25) is 15.9 Å². The van der Waals surface area contributed by atoms with Crippen molar-refractivity contribution in [1.82, 2.24) is 14.5 Å². The number of sulfonamides is 1. The normalized spacial score (nSPS) is 11.7. The first-order valence-corrected chi connectivity index (χ1v) is 11.2. The molecule has 0 bridgehead atoms. The molecular formula is C22H31N3O4S. The third kappa shape index (κ3) is 6.83. The summed E-state index contributed by atoms with van der Waals surface area (Å²) < 4.78 is 31.8. The Kier molecular flexibility index (Phi) is 8.40. The average Bonchev–Trinajstić information content (AvgIpc) is 2.65. The summed E-state index contributed by atoms with van der Waals surface area (Å²) in [6.45, 7) is 5.45. The van der Waals surface area contributed by atoms with E-state index in [1.54, 1.807) is 24.3 Å². The Morgan fingerprint density at radius 2 is 1.67 bits per heavy atom. The molecule has 1 N–H and O–H groups in total. The van der Waals surface area contributed by atoms with Crippen LogP contribution in [0.3, 0.4) is 0 Å². The molecule has 0 atom stereocenters. The summed E-state index contributed by atoms with van der Waals surface area (Å²) >= 11 is 0. The highest BCUT2D eigenvalue weighted by Gasteiger charge is 2.20. The lowest BCUT2D eigenvalue weighted by Crippen LogP contribution is -2.37. The number of carbonyl (C=O) groups excluding carboxylic acids is 1. The number of nitrogens with zero attached hydrogens (tertiary/aromatic N) is 2. The van der Waals surface area contributed by atoms with E-state index in [2.05, 4.69) is 11.4 Å². The van der Waals surface area contributed by atoms with Gasteiger partial charge in [0.25, 0.3) is 0 Å². The van der Waals surface area contributed by atoms with E-state index in [9.17, 15) is 13.2 Å². The van der Waals surface area contributed by atoms with Gasteiger partial charge >= 0.3 is 0 Å². The minimum atomic E-state index is -3.57. The minimum Gasteiger partial charge on any atom is -0.492 e. The smallest absolute Gasteiger partial charge is 0.242 e. The molecule has 30 heavy (non-hydrogen) atoms. The Bertz CT molecular complexity index is 954. The van der Waals surface area contributed by atoms with Crippen molar-refractivity contribution in [2.24, 2.45) is 0 Å². The SMILES string of the molecule is Cc1cc(C)cc(OCCN(C)CC(=O)NCc2ccccc2S(=O)(=O)N(C)C)c1. The first-order valence-electron chi connectivity index (χ1n) is 9.76. The summed E-state index contributed by atoms with van der Waals surface area (Å²) in [6.07, 6.45) is 0. The highest BCUT2D eigenvalue weighted by Crippen LogP contribution is 2.18. The van der Waals surface area contributed by atoms with Crippen molar-refractivity contribution in [3.8, 4) is 5.75 Å². The molecule has 2 rings (SSSR count). The fraction of sp³-hybridized carbons (Fsp3) is 0.409. The number of ether oxygens (including phenoxy) is 1. The molecule has 0 radical (unpaired) electrons. The summed E-state index contributed by atoms with van der Waals surface area (Å²) in [7, 11) is 1.25. The second-order valence-electron chi connectivity index (χ2n) is 7.58. The number of rotatable bonds is 10. The van der Waals surface area contributed by atoms with Crippen molar-refractivity contribution in [3.63, 3.8) is 0 Å². The number of hydrogen-bond acceptors (Lipinski definition) is 5. The molecule has 0 aliphatic carbocycles. The molecule has 8 heteroatoms. The van der Waals surface area contributed by atoms with Gasteiger partial charge in [-0.15, -0.1) is 0 Å². The Hall–Kier alpha value is -2.42. The third-order valence-corrected chi connectivity index (χ3v) is 6.47. The summed E-state index contributed by atoms with van der Waals surface area (Å²) in [5.41, 5.74) is 2.85. The third-order valence-electron chi connectivity index (χ3n) is 4.56. The predicted octanol–water partition coefficient (Wildman–Crippen LogP) is 2.18. The number of carbonyl (C=O) groups is 1. The Morgan fingerprint density at radius 1 is 1.03 bits per heavy atom. The topological polar surface area (TPSA) is 79.0 Å². The van der Waals surface area contributed by atoms with E-state index in [0.29, 0.717) is 18.7 Å². The van der Waals surface area contributed by atoms with Crippen LogP contribution >= 0.6 is 0 Å². The number of aryl methyl sites for hydroxylation is 2. The van der Waals surface area contributed by atoms with E-state index >= 15 is 0 Å². The van der Waals surface area contributed by atoms with E-state index in [1.165, 1.54) is 14.1 Å². The number of nitrogens with one attached hydrogen (secondary N) is 1. The van der Waals surface area contributed by atoms with Crippen molar-refractivity contribution < 1.29 is 17.9 Å². The van der Waals surface area contributed by atoms with Gasteiger partial charge in [-0.25, -0.2) is 12.7 Å². The molecule has 164 valence electrons. The lowest BCUT2D eigenvalue weighted by atomic mass is 10.1. The van der Waals surface area contributed by atoms with Crippen LogP contribution < -0.4 is 10.1 Å². The minimum absolute atomic E-state index is 0.148. The largest absolute Gasteiger partial charge is 0.492 e. The van der Waals surface area contributed by atoms with E-state index in [-0.39, 0.29) is 23.9 Å². The molecule has 0 aromatic heterocycles. The van der Waals surface area contributed by atoms with Crippen LogP contribution in [0.25, 0.3) is 0 Å². The molecule has 0 saturated carbocycles. The van der Waals surface area contributed by atoms with Crippen molar-refractivity contribution in [1.29, 1.82) is 0 Å². The van der Waals surface area contributed by atoms with Gasteiger partial charge in [-0.05, 0) is 55.8 Å². The molecule has 2 aromatic rings. The van der Waals surface area contributed by atoms with Crippen molar-refractivity contribution >= 4 is 15.9 Å². The zero-order valence-electron chi connectivity index (χ0n) is 18.3. The fourth-order valence-corrected chi connectivity index (χ4v) is 4.12. The summed E-state index contributed by atoms with van der Waals surface area (Å²) in [5, 5.41) is 2.80. The van der Waals surface area contributed by atoms with Gasteiger partial charge in [0, 0.05) is 27.2 Å². The average molecular weight is 434 g/mol. The van der Waals surface area contributed by atoms with E-state index in [1.807, 2.05) is 37.9 Å². The predicted molar refractivity (Wildman–Crippen MR) is 118 cm³/mol. The van der Waals surface area contributed by atoms with Gasteiger partial charge < -0.3 is 10.1 Å². The monoisotopic (exact) mass is 433 g/mol. The molecular weight excluding hydrogens is 402 g/mol. The van der Waals surface area contributed by atoms with Gasteiger partial charge in [0.1, 0.15) is 12.4 Å². The van der Waals surface area contributed by atoms with Crippen molar-refractivity contribution in [2.75, 3.05) is 40.8 Å². The molecule has 0 aliphatic heterocycles. The van der Waals surface area contributed by atoms with Gasteiger partial charge in [-0.1, -0.05) is 24.3 Å². The van der Waals surface area contributed by atoms with Crippen LogP contribution in [-0.4, -0.2) is 64.4 Å². The maximum atomic E-state index is 12.4. The van der Waals surface area contributed by atoms with Crippen LogP contribution in [0.15, 0.2) is 47.4 Å². The van der Waals surface area contributed by atoms with Crippen LogP contribution in [0, 0.1) is 13.8 Å². The molecule has 0 unspecified atom stereocenters. The van der Waals surface area contributed by atoms with Crippen molar-refractivity contribution in [2.45, 2.75) is 25.3 Å². The molecule has 1 amide bonds. The van der Waals surface area contributed by atoms with Gasteiger partial charge in [0.05, 0.1) is 11.4 Å². The van der Waals surface area contributed by atoms with Gasteiger partial charge in [-0.2, -0.15) is 0 Å². The van der Waals surface area contributed by atoms with Crippen LogP contribution in [0.1, 0.15) is 16.7 Å². The molecule has 0 fully saturated rings. The van der Waals surface area contributed by atoms with Crippen LogP contribution in [-0.2, 0) is 21.4 Å². The molecule has 7 nitrogen and oxygen atoms in total. The summed E-state index contributed by atoms with van der Waals surface area (Å²) in [5.74, 6) is 0.644. The Morgan fingerprint density at radius 3 is 2.30 bits per heavy atom. The molecule has 0 heterocycles. The zero-order chi connectivity index (χ0) is 22.3.